The van der Waals surface area contributed by atoms with Gasteiger partial charge in [0, 0.05) is 18.2 Å². The molecular weight excluding hydrogens is 333 g/mol. The average molecular weight is 352 g/mol. The Kier molecular flexibility index (Phi) is 4.80. The van der Waals surface area contributed by atoms with Gasteiger partial charge in [0.2, 0.25) is 0 Å². The number of anilines is 1. The molecule has 3 N–H and O–H groups in total. The first-order valence-corrected chi connectivity index (χ1v) is 8.07. The van der Waals surface area contributed by atoms with Crippen LogP contribution >= 0.6 is 0 Å². The Balaban J connectivity index is 1.83. The highest BCUT2D eigenvalue weighted by Gasteiger charge is 2.31. The fraction of sp³-hybridized carbons (Fsp3) is 0.412. The number of benzene rings is 1. The Labute approximate surface area is 143 Å². The van der Waals surface area contributed by atoms with Crippen molar-refractivity contribution in [2.24, 2.45) is 0 Å². The second kappa shape index (κ2) is 6.87. The molecule has 1 aromatic heterocycles. The first-order valence-electron chi connectivity index (χ1n) is 8.07. The normalized spacial score (nSPS) is 18.2. The highest BCUT2D eigenvalue weighted by molar-refractivity contribution is 5.70. The molecule has 2 heterocycles. The van der Waals surface area contributed by atoms with Crippen LogP contribution in [0.5, 0.6) is 5.75 Å². The highest BCUT2D eigenvalue weighted by Crippen LogP contribution is 2.36. The summed E-state index contributed by atoms with van der Waals surface area (Å²) in [5.74, 6) is 0.144. The molecule has 134 valence electrons. The van der Waals surface area contributed by atoms with E-state index in [1.54, 1.807) is 13.0 Å². The summed E-state index contributed by atoms with van der Waals surface area (Å²) in [6.07, 6.45) is -2.38. The molecule has 0 radical (unpaired) electrons. The number of nitrogens with zero attached hydrogens (tertiary/aromatic N) is 2. The molecule has 0 bridgehead atoms. The van der Waals surface area contributed by atoms with Crippen molar-refractivity contribution >= 4 is 5.82 Å². The van der Waals surface area contributed by atoms with Gasteiger partial charge in [0.1, 0.15) is 11.6 Å². The van der Waals surface area contributed by atoms with Gasteiger partial charge in [-0.15, -0.1) is 10.2 Å². The van der Waals surface area contributed by atoms with Crippen LogP contribution in [0.3, 0.4) is 0 Å². The Morgan fingerprint density at radius 3 is 2.64 bits per heavy atom. The van der Waals surface area contributed by atoms with Crippen LogP contribution in [0, 0.1) is 6.92 Å². The van der Waals surface area contributed by atoms with Crippen molar-refractivity contribution in [2.75, 3.05) is 18.4 Å². The number of phenolic OH excluding ortho intramolecular Hbond substituents is 1. The second-order valence-electron chi connectivity index (χ2n) is 6.18. The van der Waals surface area contributed by atoms with E-state index in [9.17, 15) is 18.3 Å². The number of aromatic nitrogens is 2. The topological polar surface area (TPSA) is 70.1 Å². The number of nitrogens with one attached hydrogen (secondary N) is 2. The maximum absolute atomic E-state index is 12.7. The van der Waals surface area contributed by atoms with Crippen molar-refractivity contribution in [3.05, 3.63) is 35.4 Å². The van der Waals surface area contributed by atoms with Gasteiger partial charge in [0.25, 0.3) is 0 Å². The number of alkyl halides is 3. The van der Waals surface area contributed by atoms with Gasteiger partial charge in [-0.05, 0) is 56.1 Å². The number of hydrogen-bond acceptors (Lipinski definition) is 5. The molecule has 3 rings (SSSR count). The van der Waals surface area contributed by atoms with Crippen LogP contribution in [0.25, 0.3) is 11.3 Å². The Morgan fingerprint density at radius 1 is 1.24 bits per heavy atom. The number of halogens is 3. The summed E-state index contributed by atoms with van der Waals surface area (Å²) >= 11 is 0. The van der Waals surface area contributed by atoms with E-state index in [1.165, 1.54) is 6.07 Å². The summed E-state index contributed by atoms with van der Waals surface area (Å²) < 4.78 is 38.1. The molecule has 8 heteroatoms. The van der Waals surface area contributed by atoms with Gasteiger partial charge in [0.05, 0.1) is 11.3 Å². The third-order valence-electron chi connectivity index (χ3n) is 4.21. The van der Waals surface area contributed by atoms with Crippen LogP contribution in [-0.4, -0.2) is 34.4 Å². The molecule has 1 aliphatic heterocycles. The monoisotopic (exact) mass is 352 g/mol. The van der Waals surface area contributed by atoms with Gasteiger partial charge in [-0.25, -0.2) is 0 Å². The zero-order valence-corrected chi connectivity index (χ0v) is 13.7. The lowest BCUT2D eigenvalue weighted by molar-refractivity contribution is -0.137. The molecule has 0 aliphatic carbocycles. The van der Waals surface area contributed by atoms with E-state index in [0.717, 1.165) is 37.6 Å². The van der Waals surface area contributed by atoms with Crippen LogP contribution in [0.2, 0.25) is 0 Å². The van der Waals surface area contributed by atoms with Crippen molar-refractivity contribution in [2.45, 2.75) is 32.0 Å². The van der Waals surface area contributed by atoms with E-state index in [0.29, 0.717) is 17.6 Å². The van der Waals surface area contributed by atoms with E-state index >= 15 is 0 Å². The van der Waals surface area contributed by atoms with Gasteiger partial charge < -0.3 is 15.7 Å². The van der Waals surface area contributed by atoms with E-state index < -0.39 is 17.5 Å². The molecule has 0 saturated carbocycles. The van der Waals surface area contributed by atoms with Crippen LogP contribution in [0.15, 0.2) is 24.3 Å². The maximum Gasteiger partial charge on any atom is 0.416 e. The van der Waals surface area contributed by atoms with Crippen molar-refractivity contribution in [3.8, 4) is 17.0 Å². The van der Waals surface area contributed by atoms with Crippen molar-refractivity contribution in [1.82, 2.24) is 15.5 Å². The van der Waals surface area contributed by atoms with E-state index in [-0.39, 0.29) is 11.6 Å². The van der Waals surface area contributed by atoms with Crippen molar-refractivity contribution < 1.29 is 18.3 Å². The molecular formula is C17H19F3N4O. The van der Waals surface area contributed by atoms with E-state index in [2.05, 4.69) is 20.8 Å². The predicted molar refractivity (Wildman–Crippen MR) is 88.4 cm³/mol. The lowest BCUT2D eigenvalue weighted by Gasteiger charge is -2.24. The van der Waals surface area contributed by atoms with E-state index in [4.69, 9.17) is 0 Å². The predicted octanol–water partition coefficient (Wildman–Crippen LogP) is 3.34. The molecule has 0 unspecified atom stereocenters. The summed E-state index contributed by atoms with van der Waals surface area (Å²) in [4.78, 5) is 0. The van der Waals surface area contributed by atoms with E-state index in [1.807, 2.05) is 0 Å². The molecule has 0 amide bonds. The molecule has 1 aromatic carbocycles. The minimum absolute atomic E-state index is 0.226. The fourth-order valence-electron chi connectivity index (χ4n) is 2.91. The number of piperidine rings is 1. The fourth-order valence-corrected chi connectivity index (χ4v) is 2.91. The molecule has 2 aromatic rings. The third kappa shape index (κ3) is 4.01. The maximum atomic E-state index is 12.7. The molecule has 25 heavy (non-hydrogen) atoms. The Morgan fingerprint density at radius 2 is 2.04 bits per heavy atom. The molecule has 1 saturated heterocycles. The first kappa shape index (κ1) is 17.5. The number of phenols is 1. The molecule has 1 aliphatic rings. The molecule has 1 fully saturated rings. The third-order valence-corrected chi connectivity index (χ3v) is 4.21. The van der Waals surface area contributed by atoms with Gasteiger partial charge in [-0.1, -0.05) is 0 Å². The van der Waals surface area contributed by atoms with Crippen LogP contribution in [0.1, 0.15) is 24.0 Å². The van der Waals surface area contributed by atoms with Crippen LogP contribution in [0.4, 0.5) is 19.0 Å². The lowest BCUT2D eigenvalue weighted by atomic mass is 10.0. The number of hydrogen-bond donors (Lipinski definition) is 3. The number of aryl methyl sites for hydroxylation is 1. The molecule has 5 nitrogen and oxygen atoms in total. The number of aromatic hydroxyl groups is 1. The van der Waals surface area contributed by atoms with Gasteiger partial charge >= 0.3 is 6.18 Å². The first-order chi connectivity index (χ1) is 11.8. The minimum Gasteiger partial charge on any atom is -0.507 e. The van der Waals surface area contributed by atoms with Gasteiger partial charge in [0.15, 0.2) is 0 Å². The quantitative estimate of drug-likeness (QED) is 0.790. The summed E-state index contributed by atoms with van der Waals surface area (Å²) in [5.41, 5.74) is 0.404. The van der Waals surface area contributed by atoms with Crippen molar-refractivity contribution in [3.63, 3.8) is 0 Å². The highest BCUT2D eigenvalue weighted by atomic mass is 19.4. The zero-order chi connectivity index (χ0) is 18.0. The van der Waals surface area contributed by atoms with Crippen LogP contribution < -0.4 is 10.6 Å². The summed E-state index contributed by atoms with van der Waals surface area (Å²) in [6, 6.07) is 4.90. The second-order valence-corrected chi connectivity index (χ2v) is 6.18. The van der Waals surface area contributed by atoms with Gasteiger partial charge in [-0.3, -0.25) is 0 Å². The standard InChI is InChI=1S/C17H19F3N4O/c1-10-7-15(22-12-3-2-6-21-9-12)23-24-16(10)13-5-4-11(8-14(13)25)17(18,19)20/h4-5,7-8,12,21,25H,2-3,6,9H2,1H3,(H,22,23)/t12-/m1/s1. The molecule has 0 spiro atoms. The largest absolute Gasteiger partial charge is 0.507 e. The van der Waals surface area contributed by atoms with Crippen LogP contribution in [-0.2, 0) is 6.18 Å². The van der Waals surface area contributed by atoms with Gasteiger partial charge in [-0.2, -0.15) is 13.2 Å². The molecule has 1 atom stereocenters. The Bertz CT molecular complexity index is 758. The number of rotatable bonds is 3. The Hall–Kier alpha value is -2.35. The summed E-state index contributed by atoms with van der Waals surface area (Å²) in [7, 11) is 0. The zero-order valence-electron chi connectivity index (χ0n) is 13.7. The smallest absolute Gasteiger partial charge is 0.416 e. The lowest BCUT2D eigenvalue weighted by Crippen LogP contribution is -2.38. The summed E-state index contributed by atoms with van der Waals surface area (Å²) in [6.45, 7) is 3.64. The SMILES string of the molecule is Cc1cc(N[C@@H]2CCCNC2)nnc1-c1ccc(C(F)(F)F)cc1O. The minimum atomic E-state index is -4.50. The van der Waals surface area contributed by atoms with Crippen molar-refractivity contribution in [1.29, 1.82) is 0 Å². The summed E-state index contributed by atoms with van der Waals surface area (Å²) in [5, 5.41) is 24.8. The average Bonchev–Trinajstić information content (AvgIpc) is 2.56.